The highest BCUT2D eigenvalue weighted by Crippen LogP contribution is 2.37. The molecule has 0 spiro atoms. The minimum Gasteiger partial charge on any atom is -0.494 e. The first-order chi connectivity index (χ1) is 19.2. The fourth-order valence-electron chi connectivity index (χ4n) is 4.43. The molecule has 3 aromatic carbocycles. The Balaban J connectivity index is 1.43. The van der Waals surface area contributed by atoms with Gasteiger partial charge in [0.1, 0.15) is 11.5 Å². The largest absolute Gasteiger partial charge is 0.494 e. The number of methoxy groups -OCH3 is 2. The predicted octanol–water partition coefficient (Wildman–Crippen LogP) is 4.40. The number of carbonyl (C=O) groups is 4. The SMILES string of the molecule is COc1cc(NC(=O)c2ccc(NC(=O)C3CC(=O)N(C(C)C)C3)cc2)c(OC)cc1NC(=O)c1ccccc1. The molecule has 1 aliphatic rings. The zero-order chi connectivity index (χ0) is 28.8. The Hall–Kier alpha value is -4.86. The second kappa shape index (κ2) is 12.3. The molecule has 1 aliphatic heterocycles. The van der Waals surface area contributed by atoms with Crippen LogP contribution in [-0.4, -0.2) is 55.3 Å². The van der Waals surface area contributed by atoms with Crippen molar-refractivity contribution in [3.05, 3.63) is 77.9 Å². The van der Waals surface area contributed by atoms with Gasteiger partial charge < -0.3 is 30.3 Å². The Kier molecular flexibility index (Phi) is 8.68. The Morgan fingerprint density at radius 3 is 1.80 bits per heavy atom. The van der Waals surface area contributed by atoms with E-state index in [1.54, 1.807) is 65.6 Å². The van der Waals surface area contributed by atoms with E-state index in [0.717, 1.165) is 0 Å². The van der Waals surface area contributed by atoms with Crippen LogP contribution in [0.2, 0.25) is 0 Å². The maximum absolute atomic E-state index is 13.0. The van der Waals surface area contributed by atoms with Gasteiger partial charge in [0.2, 0.25) is 11.8 Å². The standard InChI is InChI=1S/C30H32N4O6/c1-18(2)34-17-21(14-27(34)35)30(38)31-22-12-10-20(11-13-22)29(37)33-24-16-25(39-3)23(15-26(24)40-4)32-28(36)19-8-6-5-7-9-19/h5-13,15-16,18,21H,14,17H2,1-4H3,(H,31,38)(H,32,36)(H,33,37). The van der Waals surface area contributed by atoms with Gasteiger partial charge in [0.05, 0.1) is 31.5 Å². The lowest BCUT2D eigenvalue weighted by Gasteiger charge is -2.20. The summed E-state index contributed by atoms with van der Waals surface area (Å²) in [5, 5.41) is 8.43. The molecule has 4 rings (SSSR count). The molecular formula is C30H32N4O6. The Labute approximate surface area is 232 Å². The van der Waals surface area contributed by atoms with E-state index in [1.807, 2.05) is 19.9 Å². The summed E-state index contributed by atoms with van der Waals surface area (Å²) < 4.78 is 10.9. The van der Waals surface area contributed by atoms with Gasteiger partial charge in [-0.3, -0.25) is 19.2 Å². The van der Waals surface area contributed by atoms with Crippen molar-refractivity contribution in [2.45, 2.75) is 26.3 Å². The van der Waals surface area contributed by atoms with Crippen molar-refractivity contribution in [1.82, 2.24) is 4.90 Å². The lowest BCUT2D eigenvalue weighted by Crippen LogP contribution is -2.33. The monoisotopic (exact) mass is 544 g/mol. The molecule has 208 valence electrons. The van der Waals surface area contributed by atoms with E-state index >= 15 is 0 Å². The summed E-state index contributed by atoms with van der Waals surface area (Å²) in [6.45, 7) is 4.24. The van der Waals surface area contributed by atoms with Gasteiger partial charge in [-0.25, -0.2) is 0 Å². The molecule has 1 heterocycles. The van der Waals surface area contributed by atoms with Crippen LogP contribution >= 0.6 is 0 Å². The van der Waals surface area contributed by atoms with Crippen LogP contribution in [0.15, 0.2) is 66.7 Å². The second-order valence-corrected chi connectivity index (χ2v) is 9.63. The molecule has 0 aliphatic carbocycles. The minimum absolute atomic E-state index is 0.0270. The van der Waals surface area contributed by atoms with Crippen LogP contribution in [0.25, 0.3) is 0 Å². The van der Waals surface area contributed by atoms with Gasteiger partial charge in [-0.1, -0.05) is 18.2 Å². The molecule has 1 saturated heterocycles. The number of nitrogens with one attached hydrogen (secondary N) is 3. The molecule has 40 heavy (non-hydrogen) atoms. The first kappa shape index (κ1) is 28.2. The molecule has 4 amide bonds. The number of carbonyl (C=O) groups excluding carboxylic acids is 4. The molecule has 0 bridgehead atoms. The van der Waals surface area contributed by atoms with Crippen LogP contribution in [0.3, 0.4) is 0 Å². The Morgan fingerprint density at radius 1 is 0.800 bits per heavy atom. The van der Waals surface area contributed by atoms with Crippen molar-refractivity contribution in [3.63, 3.8) is 0 Å². The van der Waals surface area contributed by atoms with Gasteiger partial charge >= 0.3 is 0 Å². The van der Waals surface area contributed by atoms with E-state index in [-0.39, 0.29) is 30.2 Å². The van der Waals surface area contributed by atoms with Crippen LogP contribution in [0.1, 0.15) is 41.0 Å². The van der Waals surface area contributed by atoms with Gasteiger partial charge in [-0.15, -0.1) is 0 Å². The topological polar surface area (TPSA) is 126 Å². The molecule has 0 saturated carbocycles. The lowest BCUT2D eigenvalue weighted by atomic mass is 10.1. The number of benzene rings is 3. The van der Waals surface area contributed by atoms with Crippen molar-refractivity contribution in [3.8, 4) is 11.5 Å². The van der Waals surface area contributed by atoms with Gasteiger partial charge in [-0.05, 0) is 50.2 Å². The van der Waals surface area contributed by atoms with Crippen molar-refractivity contribution >= 4 is 40.7 Å². The second-order valence-electron chi connectivity index (χ2n) is 9.63. The van der Waals surface area contributed by atoms with E-state index in [4.69, 9.17) is 9.47 Å². The molecule has 10 heteroatoms. The highest BCUT2D eigenvalue weighted by Gasteiger charge is 2.35. The Morgan fingerprint density at radius 2 is 1.32 bits per heavy atom. The molecule has 1 fully saturated rings. The van der Waals surface area contributed by atoms with Crippen molar-refractivity contribution < 1.29 is 28.7 Å². The summed E-state index contributed by atoms with van der Waals surface area (Å²) in [5.74, 6) is -0.746. The van der Waals surface area contributed by atoms with Gasteiger partial charge in [0.25, 0.3) is 11.8 Å². The zero-order valence-corrected chi connectivity index (χ0v) is 22.8. The van der Waals surface area contributed by atoms with E-state index in [0.29, 0.717) is 46.2 Å². The van der Waals surface area contributed by atoms with E-state index in [2.05, 4.69) is 16.0 Å². The molecule has 0 aromatic heterocycles. The quantitative estimate of drug-likeness (QED) is 0.367. The fraction of sp³-hybridized carbons (Fsp3) is 0.267. The van der Waals surface area contributed by atoms with Gasteiger partial charge in [-0.2, -0.15) is 0 Å². The van der Waals surface area contributed by atoms with E-state index in [1.165, 1.54) is 14.2 Å². The molecule has 1 atom stereocenters. The maximum Gasteiger partial charge on any atom is 0.255 e. The van der Waals surface area contributed by atoms with Crippen molar-refractivity contribution in [2.75, 3.05) is 36.7 Å². The summed E-state index contributed by atoms with van der Waals surface area (Å²) in [7, 11) is 2.91. The number of nitrogens with zero attached hydrogens (tertiary/aromatic N) is 1. The molecule has 3 aromatic rings. The van der Waals surface area contributed by atoms with Crippen molar-refractivity contribution in [1.29, 1.82) is 0 Å². The summed E-state index contributed by atoms with van der Waals surface area (Å²) in [6.07, 6.45) is 0.185. The molecule has 1 unspecified atom stereocenters. The average molecular weight is 545 g/mol. The molecule has 10 nitrogen and oxygen atoms in total. The van der Waals surface area contributed by atoms with Crippen LogP contribution in [-0.2, 0) is 9.59 Å². The Bertz CT molecular complexity index is 1410. The first-order valence-corrected chi connectivity index (χ1v) is 12.8. The van der Waals surface area contributed by atoms with Gasteiger partial charge in [0, 0.05) is 48.0 Å². The van der Waals surface area contributed by atoms with E-state index < -0.39 is 11.8 Å². The minimum atomic E-state index is -0.416. The molecule has 3 N–H and O–H groups in total. The highest BCUT2D eigenvalue weighted by molar-refractivity contribution is 6.07. The maximum atomic E-state index is 13.0. The van der Waals surface area contributed by atoms with Crippen LogP contribution in [0.4, 0.5) is 17.1 Å². The van der Waals surface area contributed by atoms with Crippen LogP contribution in [0.5, 0.6) is 11.5 Å². The summed E-state index contributed by atoms with van der Waals surface area (Å²) in [6, 6.07) is 18.4. The van der Waals surface area contributed by atoms with Crippen LogP contribution in [0, 0.1) is 5.92 Å². The zero-order valence-electron chi connectivity index (χ0n) is 22.8. The third-order valence-corrected chi connectivity index (χ3v) is 6.62. The number of likely N-dealkylation sites (tertiary alicyclic amines) is 1. The first-order valence-electron chi connectivity index (χ1n) is 12.8. The number of hydrogen-bond donors (Lipinski definition) is 3. The number of hydrogen-bond acceptors (Lipinski definition) is 6. The number of amides is 4. The lowest BCUT2D eigenvalue weighted by molar-refractivity contribution is -0.129. The summed E-state index contributed by atoms with van der Waals surface area (Å²) >= 11 is 0. The number of ether oxygens (including phenoxy) is 2. The smallest absolute Gasteiger partial charge is 0.255 e. The highest BCUT2D eigenvalue weighted by atomic mass is 16.5. The fourth-order valence-corrected chi connectivity index (χ4v) is 4.43. The third-order valence-electron chi connectivity index (χ3n) is 6.62. The molecular weight excluding hydrogens is 512 g/mol. The van der Waals surface area contributed by atoms with Gasteiger partial charge in [0.15, 0.2) is 0 Å². The van der Waals surface area contributed by atoms with Crippen molar-refractivity contribution in [2.24, 2.45) is 5.92 Å². The average Bonchev–Trinajstić information content (AvgIpc) is 3.36. The number of rotatable bonds is 9. The predicted molar refractivity (Wildman–Crippen MR) is 152 cm³/mol. The van der Waals surface area contributed by atoms with E-state index in [9.17, 15) is 19.2 Å². The summed E-state index contributed by atoms with van der Waals surface area (Å²) in [5.41, 5.74) is 2.08. The van der Waals surface area contributed by atoms with Crippen LogP contribution < -0.4 is 25.4 Å². The summed E-state index contributed by atoms with van der Waals surface area (Å²) in [4.78, 5) is 52.1. The number of anilines is 3. The normalized spacial score (nSPS) is 14.6. The molecule has 0 radical (unpaired) electrons. The third kappa shape index (κ3) is 6.40.